The number of fused-ring (bicyclic) bond motifs is 1. The van der Waals surface area contributed by atoms with Crippen molar-refractivity contribution in [3.05, 3.63) is 22.2 Å². The number of hydrogen-bond donors (Lipinski definition) is 1. The summed E-state index contributed by atoms with van der Waals surface area (Å²) in [5, 5.41) is 9.30. The molecule has 0 saturated carbocycles. The maximum Gasteiger partial charge on any atom is 0.331 e. The number of carboxylic acid groups (broad SMARTS) is 1. The van der Waals surface area contributed by atoms with Crippen molar-refractivity contribution in [1.29, 1.82) is 0 Å². The molecule has 7 heteroatoms. The van der Waals surface area contributed by atoms with Crippen molar-refractivity contribution in [2.75, 3.05) is 13.8 Å². The number of aliphatic carboxylic acids is 1. The quantitative estimate of drug-likeness (QED) is 0.914. The van der Waals surface area contributed by atoms with Crippen LogP contribution in [0.4, 0.5) is 0 Å². The van der Waals surface area contributed by atoms with Gasteiger partial charge in [0.2, 0.25) is 12.7 Å². The van der Waals surface area contributed by atoms with Crippen LogP contribution >= 0.6 is 15.9 Å². The normalized spacial score (nSPS) is 14.1. The summed E-state index contributed by atoms with van der Waals surface area (Å²) in [4.78, 5) is 23.9. The Morgan fingerprint density at radius 1 is 1.42 bits per heavy atom. The van der Waals surface area contributed by atoms with Gasteiger partial charge in [-0.3, -0.25) is 4.79 Å². The second-order valence-electron chi connectivity index (χ2n) is 4.11. The Hall–Kier alpha value is -1.76. The van der Waals surface area contributed by atoms with Gasteiger partial charge >= 0.3 is 5.97 Å². The summed E-state index contributed by atoms with van der Waals surface area (Å²) in [5.74, 6) is -0.435. The zero-order valence-corrected chi connectivity index (χ0v) is 11.9. The molecule has 1 aliphatic rings. The van der Waals surface area contributed by atoms with E-state index in [1.54, 1.807) is 12.1 Å². The predicted octanol–water partition coefficient (Wildman–Crippen LogP) is 1.78. The van der Waals surface area contributed by atoms with Crippen LogP contribution in [0.3, 0.4) is 0 Å². The second kappa shape index (κ2) is 5.08. The van der Waals surface area contributed by atoms with E-state index in [0.29, 0.717) is 21.5 Å². The molecule has 0 fully saturated rings. The first-order valence-corrected chi connectivity index (χ1v) is 6.26. The first kappa shape index (κ1) is 13.7. The Labute approximate surface area is 118 Å². The number of hydrogen-bond acceptors (Lipinski definition) is 4. The third-order valence-electron chi connectivity index (χ3n) is 2.88. The Balaban J connectivity index is 2.46. The lowest BCUT2D eigenvalue weighted by molar-refractivity contribution is -0.148. The minimum Gasteiger partial charge on any atom is -0.479 e. The number of rotatable bonds is 3. The number of halogens is 1. The highest BCUT2D eigenvalue weighted by Crippen LogP contribution is 2.41. The summed E-state index contributed by atoms with van der Waals surface area (Å²) in [7, 11) is 1.44. The number of carboxylic acids is 1. The lowest BCUT2D eigenvalue weighted by Gasteiger charge is -2.24. The summed E-state index contributed by atoms with van der Waals surface area (Å²) in [5.41, 5.74) is 0.446. The zero-order chi connectivity index (χ0) is 14.2. The standard InChI is InChI=1S/C12H12BrNO5/c1-6(15)14(2)10(12(16)17)7-3-8(13)11-9(4-7)18-5-19-11/h3-4,10H,5H2,1-2H3,(H,16,17). The first-order valence-electron chi connectivity index (χ1n) is 5.47. The van der Waals surface area contributed by atoms with Crippen LogP contribution in [-0.4, -0.2) is 35.7 Å². The fourth-order valence-corrected chi connectivity index (χ4v) is 2.43. The van der Waals surface area contributed by atoms with E-state index >= 15 is 0 Å². The summed E-state index contributed by atoms with van der Waals surface area (Å²) in [6, 6.07) is 2.13. The van der Waals surface area contributed by atoms with E-state index in [1.165, 1.54) is 14.0 Å². The molecule has 19 heavy (non-hydrogen) atoms. The molecule has 0 aliphatic carbocycles. The smallest absolute Gasteiger partial charge is 0.331 e. The summed E-state index contributed by atoms with van der Waals surface area (Å²) >= 11 is 3.30. The molecule has 102 valence electrons. The minimum atomic E-state index is -1.11. The van der Waals surface area contributed by atoms with E-state index in [0.717, 1.165) is 4.90 Å². The molecule has 0 spiro atoms. The Bertz CT molecular complexity index is 545. The van der Waals surface area contributed by atoms with Crippen LogP contribution in [0.25, 0.3) is 0 Å². The van der Waals surface area contributed by atoms with Crippen molar-refractivity contribution in [3.8, 4) is 11.5 Å². The Morgan fingerprint density at radius 2 is 2.11 bits per heavy atom. The van der Waals surface area contributed by atoms with Gasteiger partial charge in [0.25, 0.3) is 0 Å². The van der Waals surface area contributed by atoms with Gasteiger partial charge in [-0.25, -0.2) is 4.79 Å². The highest BCUT2D eigenvalue weighted by molar-refractivity contribution is 9.10. The highest BCUT2D eigenvalue weighted by atomic mass is 79.9. The molecular weight excluding hydrogens is 318 g/mol. The van der Waals surface area contributed by atoms with Gasteiger partial charge in [-0.1, -0.05) is 0 Å². The summed E-state index contributed by atoms with van der Waals surface area (Å²) in [6.45, 7) is 1.41. The molecule has 0 radical (unpaired) electrons. The average Bonchev–Trinajstić information content (AvgIpc) is 2.77. The van der Waals surface area contributed by atoms with E-state index in [4.69, 9.17) is 9.47 Å². The van der Waals surface area contributed by atoms with Gasteiger partial charge in [-0.2, -0.15) is 0 Å². The summed E-state index contributed by atoms with van der Waals surface area (Å²) < 4.78 is 11.1. The van der Waals surface area contributed by atoms with Crippen LogP contribution in [0.15, 0.2) is 16.6 Å². The molecule has 2 rings (SSSR count). The van der Waals surface area contributed by atoms with Gasteiger partial charge in [0.1, 0.15) is 0 Å². The average molecular weight is 330 g/mol. The molecule has 6 nitrogen and oxygen atoms in total. The Kier molecular flexibility index (Phi) is 3.66. The maximum absolute atomic E-state index is 11.4. The third kappa shape index (κ3) is 2.51. The molecule has 0 saturated heterocycles. The zero-order valence-electron chi connectivity index (χ0n) is 10.3. The summed E-state index contributed by atoms with van der Waals surface area (Å²) in [6.07, 6.45) is 0. The van der Waals surface area contributed by atoms with Gasteiger partial charge in [-0.15, -0.1) is 0 Å². The number of benzene rings is 1. The number of amides is 1. The van der Waals surface area contributed by atoms with Crippen molar-refractivity contribution in [1.82, 2.24) is 4.90 Å². The van der Waals surface area contributed by atoms with Crippen LogP contribution in [0.1, 0.15) is 18.5 Å². The topological polar surface area (TPSA) is 76.1 Å². The van der Waals surface area contributed by atoms with Crippen LogP contribution < -0.4 is 9.47 Å². The number of likely N-dealkylation sites (N-methyl/N-ethyl adjacent to an activating group) is 1. The van der Waals surface area contributed by atoms with Crippen LogP contribution in [-0.2, 0) is 9.59 Å². The monoisotopic (exact) mass is 329 g/mol. The molecule has 1 atom stereocenters. The maximum atomic E-state index is 11.4. The van der Waals surface area contributed by atoms with E-state index < -0.39 is 12.0 Å². The number of carbonyl (C=O) groups excluding carboxylic acids is 1. The Morgan fingerprint density at radius 3 is 2.68 bits per heavy atom. The number of nitrogens with zero attached hydrogens (tertiary/aromatic N) is 1. The molecule has 0 aromatic heterocycles. The lowest BCUT2D eigenvalue weighted by atomic mass is 10.0. The van der Waals surface area contributed by atoms with Gasteiger partial charge < -0.3 is 19.5 Å². The highest BCUT2D eigenvalue weighted by Gasteiger charge is 2.29. The van der Waals surface area contributed by atoms with Gasteiger partial charge in [0.05, 0.1) is 4.47 Å². The van der Waals surface area contributed by atoms with Crippen molar-refractivity contribution < 1.29 is 24.2 Å². The fraction of sp³-hybridized carbons (Fsp3) is 0.333. The van der Waals surface area contributed by atoms with Crippen molar-refractivity contribution in [3.63, 3.8) is 0 Å². The predicted molar refractivity (Wildman–Crippen MR) is 69.1 cm³/mol. The van der Waals surface area contributed by atoms with Crippen molar-refractivity contribution >= 4 is 27.8 Å². The third-order valence-corrected chi connectivity index (χ3v) is 3.47. The van der Waals surface area contributed by atoms with Crippen molar-refractivity contribution in [2.24, 2.45) is 0 Å². The largest absolute Gasteiger partial charge is 0.479 e. The van der Waals surface area contributed by atoms with Crippen LogP contribution in [0.2, 0.25) is 0 Å². The SMILES string of the molecule is CC(=O)N(C)C(C(=O)O)c1cc(Br)c2c(c1)OCO2. The molecule has 1 amide bonds. The second-order valence-corrected chi connectivity index (χ2v) is 4.96. The molecule has 1 unspecified atom stereocenters. The lowest BCUT2D eigenvalue weighted by Crippen LogP contribution is -2.34. The molecular formula is C12H12BrNO5. The number of ether oxygens (including phenoxy) is 2. The van der Waals surface area contributed by atoms with E-state index in [2.05, 4.69) is 15.9 Å². The molecule has 1 heterocycles. The van der Waals surface area contributed by atoms with Crippen molar-refractivity contribution in [2.45, 2.75) is 13.0 Å². The molecule has 1 aromatic rings. The molecule has 1 aliphatic heterocycles. The minimum absolute atomic E-state index is 0.0949. The molecule has 1 aromatic carbocycles. The van der Waals surface area contributed by atoms with E-state index in [-0.39, 0.29) is 12.7 Å². The van der Waals surface area contributed by atoms with Gasteiger partial charge in [-0.05, 0) is 33.6 Å². The fourth-order valence-electron chi connectivity index (χ4n) is 1.86. The van der Waals surface area contributed by atoms with Gasteiger partial charge in [0.15, 0.2) is 17.5 Å². The van der Waals surface area contributed by atoms with E-state index in [1.807, 2.05) is 0 Å². The number of carbonyl (C=O) groups is 2. The molecule has 1 N–H and O–H groups in total. The van der Waals surface area contributed by atoms with Crippen LogP contribution in [0.5, 0.6) is 11.5 Å². The van der Waals surface area contributed by atoms with Crippen LogP contribution in [0, 0.1) is 0 Å². The van der Waals surface area contributed by atoms with Gasteiger partial charge in [0, 0.05) is 14.0 Å². The molecule has 0 bridgehead atoms. The van der Waals surface area contributed by atoms with E-state index in [9.17, 15) is 14.7 Å². The first-order chi connectivity index (χ1) is 8.91.